The summed E-state index contributed by atoms with van der Waals surface area (Å²) in [6.45, 7) is 4.88. The Balaban J connectivity index is 1.16. The molecule has 0 aliphatic carbocycles. The Morgan fingerprint density at radius 1 is 0.347 bits per heavy atom. The van der Waals surface area contributed by atoms with Crippen molar-refractivity contribution >= 4 is 29.2 Å². The highest BCUT2D eigenvalue weighted by molar-refractivity contribution is 7.03. The third-order valence-electron chi connectivity index (χ3n) is 9.97. The molecule has 1 aromatic heterocycles. The molecule has 3 nitrogen and oxygen atoms in total. The van der Waals surface area contributed by atoms with Gasteiger partial charge in [0.05, 0.1) is 0 Å². The first-order chi connectivity index (χ1) is 24.0. The number of fused-ring (bicyclic) bond motifs is 4. The summed E-state index contributed by atoms with van der Waals surface area (Å²) < 4.78 is 0. The zero-order valence-electron chi connectivity index (χ0n) is 27.4. The Hall–Kier alpha value is -5.97. The normalized spacial score (nSPS) is 12.9. The lowest BCUT2D eigenvalue weighted by atomic mass is 9.97. The van der Waals surface area contributed by atoms with Crippen molar-refractivity contribution in [3.63, 3.8) is 0 Å². The molecule has 9 rings (SSSR count). The smallest absolute Gasteiger partial charge is 0.164 e. The molecule has 7 aromatic carbocycles. The summed E-state index contributed by atoms with van der Waals surface area (Å²) in [7, 11) is -1.87. The van der Waals surface area contributed by atoms with Gasteiger partial charge in [0, 0.05) is 16.7 Å². The van der Waals surface area contributed by atoms with E-state index in [1.165, 1.54) is 43.4 Å². The van der Waals surface area contributed by atoms with E-state index >= 15 is 0 Å². The molecule has 0 N–H and O–H groups in total. The summed E-state index contributed by atoms with van der Waals surface area (Å²) in [5.74, 6) is 2.02. The van der Waals surface area contributed by atoms with E-state index in [9.17, 15) is 0 Å². The molecular weight excluding hydrogens is 611 g/mol. The van der Waals surface area contributed by atoms with E-state index in [1.54, 1.807) is 0 Å². The monoisotopic (exact) mass is 643 g/mol. The van der Waals surface area contributed by atoms with Crippen molar-refractivity contribution in [3.8, 4) is 67.5 Å². The van der Waals surface area contributed by atoms with Crippen molar-refractivity contribution in [2.45, 2.75) is 13.1 Å². The third-order valence-corrected chi connectivity index (χ3v) is 13.5. The highest BCUT2D eigenvalue weighted by Crippen LogP contribution is 2.33. The summed E-state index contributed by atoms with van der Waals surface area (Å²) in [6.07, 6.45) is 0. The molecule has 0 radical (unpaired) electrons. The first kappa shape index (κ1) is 29.2. The predicted octanol–water partition coefficient (Wildman–Crippen LogP) is 10.2. The van der Waals surface area contributed by atoms with Gasteiger partial charge in [0.25, 0.3) is 0 Å². The molecule has 4 heteroatoms. The highest BCUT2D eigenvalue weighted by atomic mass is 28.3. The summed E-state index contributed by atoms with van der Waals surface area (Å²) in [5.41, 5.74) is 10.4. The van der Waals surface area contributed by atoms with Crippen LogP contribution in [0.15, 0.2) is 164 Å². The standard InChI is InChI=1S/C45H33N3Si/c1-49(2)41-18-9-8-16-39(41)40-28-27-36(29-42(40)49)45-47-43(34-23-19-31(20-24-34)30-11-4-3-5-12-30)46-44(48-45)35-25-21-33(22-26-35)38-17-10-14-32-13-6-7-15-37(32)38/h3-29H,1-2H3. The van der Waals surface area contributed by atoms with Crippen LogP contribution in [0.5, 0.6) is 0 Å². The summed E-state index contributed by atoms with van der Waals surface area (Å²) in [6, 6.07) is 58.2. The summed E-state index contributed by atoms with van der Waals surface area (Å²) >= 11 is 0. The maximum Gasteiger partial charge on any atom is 0.164 e. The van der Waals surface area contributed by atoms with Crippen LogP contribution in [-0.2, 0) is 0 Å². The van der Waals surface area contributed by atoms with E-state index in [-0.39, 0.29) is 0 Å². The van der Waals surface area contributed by atoms with Crippen LogP contribution in [0.4, 0.5) is 0 Å². The van der Waals surface area contributed by atoms with Crippen molar-refractivity contribution in [3.05, 3.63) is 164 Å². The first-order valence-electron chi connectivity index (χ1n) is 16.8. The molecule has 2 heterocycles. The van der Waals surface area contributed by atoms with Crippen LogP contribution < -0.4 is 10.4 Å². The number of hydrogen-bond donors (Lipinski definition) is 0. The Bertz CT molecular complexity index is 2500. The minimum absolute atomic E-state index is 0.664. The van der Waals surface area contributed by atoms with Gasteiger partial charge >= 0.3 is 0 Å². The van der Waals surface area contributed by atoms with E-state index < -0.39 is 8.07 Å². The Kier molecular flexibility index (Phi) is 6.92. The van der Waals surface area contributed by atoms with Crippen molar-refractivity contribution in [2.75, 3.05) is 0 Å². The Labute approximate surface area is 287 Å². The number of rotatable bonds is 5. The average Bonchev–Trinajstić information content (AvgIpc) is 3.40. The molecular formula is C45H33N3Si. The van der Waals surface area contributed by atoms with E-state index in [4.69, 9.17) is 15.0 Å². The largest absolute Gasteiger partial charge is 0.208 e. The highest BCUT2D eigenvalue weighted by Gasteiger charge is 2.37. The Morgan fingerprint density at radius 3 is 1.57 bits per heavy atom. The van der Waals surface area contributed by atoms with Crippen molar-refractivity contribution in [1.82, 2.24) is 15.0 Å². The van der Waals surface area contributed by atoms with Crippen molar-refractivity contribution < 1.29 is 0 Å². The lowest BCUT2D eigenvalue weighted by Crippen LogP contribution is -2.49. The van der Waals surface area contributed by atoms with Crippen LogP contribution in [0.25, 0.3) is 78.3 Å². The lowest BCUT2D eigenvalue weighted by molar-refractivity contribution is 1.07. The quantitative estimate of drug-likeness (QED) is 0.175. The molecule has 0 fully saturated rings. The number of benzene rings is 7. The van der Waals surface area contributed by atoms with Crippen LogP contribution in [0.3, 0.4) is 0 Å². The number of aromatic nitrogens is 3. The van der Waals surface area contributed by atoms with Crippen LogP contribution in [-0.4, -0.2) is 23.0 Å². The lowest BCUT2D eigenvalue weighted by Gasteiger charge is -2.19. The molecule has 0 saturated carbocycles. The van der Waals surface area contributed by atoms with Gasteiger partial charge in [-0.1, -0.05) is 177 Å². The Morgan fingerprint density at radius 2 is 0.837 bits per heavy atom. The fraction of sp³-hybridized carbons (Fsp3) is 0.0444. The SMILES string of the molecule is C[Si]1(C)c2ccccc2-c2ccc(-c3nc(-c4ccc(-c5ccccc5)cc4)nc(-c4ccc(-c5cccc6ccccc56)cc4)n3)cc21. The fourth-order valence-electron chi connectivity index (χ4n) is 7.32. The molecule has 8 aromatic rings. The predicted molar refractivity (Wildman–Crippen MR) is 207 cm³/mol. The van der Waals surface area contributed by atoms with Crippen LogP contribution in [0.1, 0.15) is 0 Å². The molecule has 1 aliphatic heterocycles. The van der Waals surface area contributed by atoms with E-state index in [0.717, 1.165) is 27.8 Å². The maximum absolute atomic E-state index is 5.13. The van der Waals surface area contributed by atoms with Gasteiger partial charge in [0.2, 0.25) is 0 Å². The first-order valence-corrected chi connectivity index (χ1v) is 19.8. The van der Waals surface area contributed by atoms with E-state index in [0.29, 0.717) is 17.5 Å². The number of hydrogen-bond acceptors (Lipinski definition) is 3. The van der Waals surface area contributed by atoms with Crippen LogP contribution >= 0.6 is 0 Å². The molecule has 0 bridgehead atoms. The minimum Gasteiger partial charge on any atom is -0.208 e. The topological polar surface area (TPSA) is 38.7 Å². The van der Waals surface area contributed by atoms with Gasteiger partial charge in [0.1, 0.15) is 8.07 Å². The zero-order valence-corrected chi connectivity index (χ0v) is 28.4. The van der Waals surface area contributed by atoms with Gasteiger partial charge < -0.3 is 0 Å². The summed E-state index contributed by atoms with van der Waals surface area (Å²) in [5, 5.41) is 5.40. The van der Waals surface area contributed by atoms with Crippen molar-refractivity contribution in [2.24, 2.45) is 0 Å². The molecule has 0 spiro atoms. The molecule has 0 amide bonds. The molecule has 0 unspecified atom stereocenters. The molecule has 1 aliphatic rings. The second-order valence-electron chi connectivity index (χ2n) is 13.3. The van der Waals surface area contributed by atoms with Crippen molar-refractivity contribution in [1.29, 1.82) is 0 Å². The third kappa shape index (κ3) is 5.09. The molecule has 0 atom stereocenters. The number of nitrogens with zero attached hydrogens (tertiary/aromatic N) is 3. The maximum atomic E-state index is 5.13. The van der Waals surface area contributed by atoms with Gasteiger partial charge in [-0.25, -0.2) is 15.0 Å². The van der Waals surface area contributed by atoms with E-state index in [1.807, 2.05) is 6.07 Å². The van der Waals surface area contributed by atoms with Gasteiger partial charge in [-0.2, -0.15) is 0 Å². The van der Waals surface area contributed by atoms with Gasteiger partial charge in [-0.05, 0) is 54.5 Å². The molecule has 49 heavy (non-hydrogen) atoms. The zero-order chi connectivity index (χ0) is 33.0. The molecule has 0 saturated heterocycles. The van der Waals surface area contributed by atoms with Crippen LogP contribution in [0, 0.1) is 0 Å². The average molecular weight is 644 g/mol. The van der Waals surface area contributed by atoms with Gasteiger partial charge in [0.15, 0.2) is 17.5 Å². The van der Waals surface area contributed by atoms with Crippen LogP contribution in [0.2, 0.25) is 13.1 Å². The summed E-state index contributed by atoms with van der Waals surface area (Å²) in [4.78, 5) is 15.3. The second kappa shape index (κ2) is 11.6. The van der Waals surface area contributed by atoms with Gasteiger partial charge in [-0.15, -0.1) is 0 Å². The fourth-order valence-corrected chi connectivity index (χ4v) is 10.4. The molecule has 232 valence electrons. The van der Waals surface area contributed by atoms with Gasteiger partial charge in [-0.3, -0.25) is 0 Å². The second-order valence-corrected chi connectivity index (χ2v) is 17.6. The minimum atomic E-state index is -1.87. The van der Waals surface area contributed by atoms with E-state index in [2.05, 4.69) is 171 Å².